The molecule has 4 nitrogen and oxygen atoms in total. The molecule has 92 valence electrons. The van der Waals surface area contributed by atoms with E-state index in [1.54, 1.807) is 0 Å². The number of amides is 1. The van der Waals surface area contributed by atoms with Crippen LogP contribution in [0.2, 0.25) is 0 Å². The van der Waals surface area contributed by atoms with E-state index in [0.717, 1.165) is 32.2 Å². The molecule has 1 amide bonds. The molecule has 2 aliphatic rings. The van der Waals surface area contributed by atoms with E-state index in [4.69, 9.17) is 0 Å². The molecule has 1 saturated heterocycles. The van der Waals surface area contributed by atoms with Crippen LogP contribution in [0, 0.1) is 0 Å². The fraction of sp³-hybridized carbons (Fsp3) is 0.917. The summed E-state index contributed by atoms with van der Waals surface area (Å²) in [6, 6.07) is 0.251. The van der Waals surface area contributed by atoms with Crippen LogP contribution in [0.5, 0.6) is 0 Å². The minimum atomic E-state index is -0.871. The Morgan fingerprint density at radius 2 is 1.94 bits per heavy atom. The van der Waals surface area contributed by atoms with Crippen LogP contribution in [0.3, 0.4) is 0 Å². The molecule has 4 heteroatoms. The van der Waals surface area contributed by atoms with E-state index >= 15 is 0 Å². The Morgan fingerprint density at radius 3 is 2.56 bits per heavy atom. The van der Waals surface area contributed by atoms with Crippen molar-refractivity contribution in [3.8, 4) is 0 Å². The lowest BCUT2D eigenvalue weighted by Crippen LogP contribution is -2.49. The van der Waals surface area contributed by atoms with E-state index in [-0.39, 0.29) is 18.0 Å². The topological polar surface area (TPSA) is 61.4 Å². The zero-order valence-corrected chi connectivity index (χ0v) is 9.74. The summed E-state index contributed by atoms with van der Waals surface area (Å²) < 4.78 is 0. The van der Waals surface area contributed by atoms with Gasteiger partial charge in [0.05, 0.1) is 0 Å². The predicted molar refractivity (Wildman–Crippen MR) is 62.0 cm³/mol. The van der Waals surface area contributed by atoms with Crippen molar-refractivity contribution in [2.45, 2.75) is 63.1 Å². The maximum Gasteiger partial charge on any atom is 0.250 e. The molecule has 2 atom stereocenters. The van der Waals surface area contributed by atoms with Crippen molar-refractivity contribution >= 4 is 5.91 Å². The van der Waals surface area contributed by atoms with Gasteiger partial charge in [0.1, 0.15) is 6.10 Å². The van der Waals surface area contributed by atoms with Gasteiger partial charge in [-0.15, -0.1) is 0 Å². The maximum atomic E-state index is 11.8. The van der Waals surface area contributed by atoms with E-state index < -0.39 is 6.10 Å². The fourth-order valence-electron chi connectivity index (χ4n) is 2.70. The highest BCUT2D eigenvalue weighted by molar-refractivity contribution is 5.81. The number of hydrogen-bond acceptors (Lipinski definition) is 3. The number of aliphatic hydroxyl groups excluding tert-OH is 1. The molecule has 0 spiro atoms. The summed E-state index contributed by atoms with van der Waals surface area (Å²) in [7, 11) is 0. The van der Waals surface area contributed by atoms with Crippen LogP contribution in [0.1, 0.15) is 44.9 Å². The van der Waals surface area contributed by atoms with Crippen LogP contribution in [0.15, 0.2) is 0 Å². The Balaban J connectivity index is 1.77. The molecule has 1 saturated carbocycles. The molecule has 2 fully saturated rings. The molecule has 0 aromatic heterocycles. The van der Waals surface area contributed by atoms with Crippen molar-refractivity contribution in [2.75, 3.05) is 6.54 Å². The van der Waals surface area contributed by atoms with Crippen LogP contribution in [0.25, 0.3) is 0 Å². The van der Waals surface area contributed by atoms with Gasteiger partial charge in [-0.2, -0.15) is 0 Å². The molecular formula is C12H22N2O2. The van der Waals surface area contributed by atoms with Gasteiger partial charge < -0.3 is 15.7 Å². The first-order valence-corrected chi connectivity index (χ1v) is 6.49. The van der Waals surface area contributed by atoms with Crippen LogP contribution in [-0.4, -0.2) is 35.7 Å². The first-order valence-electron chi connectivity index (χ1n) is 6.49. The molecule has 3 N–H and O–H groups in total. The highest BCUT2D eigenvalue weighted by Gasteiger charge is 2.29. The number of carbonyl (C=O) groups is 1. The highest BCUT2D eigenvalue weighted by Crippen LogP contribution is 2.18. The van der Waals surface area contributed by atoms with Gasteiger partial charge in [0, 0.05) is 12.1 Å². The molecule has 0 aromatic rings. The normalized spacial score (nSPS) is 28.9. The smallest absolute Gasteiger partial charge is 0.250 e. The molecular weight excluding hydrogens is 204 g/mol. The first kappa shape index (κ1) is 11.9. The average molecular weight is 226 g/mol. The van der Waals surface area contributed by atoms with Crippen molar-refractivity contribution in [3.05, 3.63) is 0 Å². The number of hydrogen-bond donors (Lipinski definition) is 3. The van der Waals surface area contributed by atoms with Gasteiger partial charge in [-0.25, -0.2) is 0 Å². The van der Waals surface area contributed by atoms with Crippen molar-refractivity contribution in [2.24, 2.45) is 0 Å². The molecule has 0 bridgehead atoms. The second-order valence-corrected chi connectivity index (χ2v) is 4.99. The summed E-state index contributed by atoms with van der Waals surface area (Å²) in [5.41, 5.74) is 0. The third-order valence-corrected chi connectivity index (χ3v) is 3.70. The van der Waals surface area contributed by atoms with E-state index in [0.29, 0.717) is 0 Å². The summed E-state index contributed by atoms with van der Waals surface area (Å²) in [6.45, 7) is 0.915. The zero-order chi connectivity index (χ0) is 11.4. The van der Waals surface area contributed by atoms with Gasteiger partial charge in [0.2, 0.25) is 0 Å². The van der Waals surface area contributed by atoms with E-state index in [1.165, 1.54) is 19.3 Å². The maximum absolute atomic E-state index is 11.8. The SMILES string of the molecule is O=C(NC1CCCCC1)C(O)[C@@H]1CCCN1. The fourth-order valence-corrected chi connectivity index (χ4v) is 2.70. The van der Waals surface area contributed by atoms with Crippen molar-refractivity contribution < 1.29 is 9.90 Å². The second kappa shape index (κ2) is 5.64. The number of aliphatic hydroxyl groups is 1. The van der Waals surface area contributed by atoms with Gasteiger partial charge in [0.25, 0.3) is 5.91 Å². The summed E-state index contributed by atoms with van der Waals surface area (Å²) in [5, 5.41) is 16.0. The predicted octanol–water partition coefficient (Wildman–Crippen LogP) is 0.548. The number of carbonyl (C=O) groups excluding carboxylic acids is 1. The Kier molecular flexibility index (Phi) is 4.18. The largest absolute Gasteiger partial charge is 0.382 e. The lowest BCUT2D eigenvalue weighted by molar-refractivity contribution is -0.131. The van der Waals surface area contributed by atoms with Gasteiger partial charge in [0.15, 0.2) is 0 Å². The highest BCUT2D eigenvalue weighted by atomic mass is 16.3. The third-order valence-electron chi connectivity index (χ3n) is 3.70. The summed E-state index contributed by atoms with van der Waals surface area (Å²) in [5.74, 6) is -0.189. The molecule has 2 rings (SSSR count). The molecule has 16 heavy (non-hydrogen) atoms. The summed E-state index contributed by atoms with van der Waals surface area (Å²) in [4.78, 5) is 11.8. The zero-order valence-electron chi connectivity index (χ0n) is 9.74. The van der Waals surface area contributed by atoms with Gasteiger partial charge in [-0.3, -0.25) is 4.79 Å². The van der Waals surface area contributed by atoms with Crippen molar-refractivity contribution in [1.29, 1.82) is 0 Å². The Labute approximate surface area is 96.8 Å². The standard InChI is InChI=1S/C12H22N2O2/c15-11(10-7-4-8-13-10)12(16)14-9-5-2-1-3-6-9/h9-11,13,15H,1-8H2,(H,14,16)/t10-,11?/m0/s1. The van der Waals surface area contributed by atoms with E-state index in [2.05, 4.69) is 10.6 Å². The van der Waals surface area contributed by atoms with Crippen LogP contribution in [0.4, 0.5) is 0 Å². The Hall–Kier alpha value is -0.610. The van der Waals surface area contributed by atoms with E-state index in [1.807, 2.05) is 0 Å². The quantitative estimate of drug-likeness (QED) is 0.658. The molecule has 1 aliphatic carbocycles. The number of nitrogens with one attached hydrogen (secondary N) is 2. The first-order chi connectivity index (χ1) is 7.77. The van der Waals surface area contributed by atoms with Gasteiger partial charge >= 0.3 is 0 Å². The van der Waals surface area contributed by atoms with Gasteiger partial charge in [-0.05, 0) is 32.2 Å². The van der Waals surface area contributed by atoms with Crippen molar-refractivity contribution in [3.63, 3.8) is 0 Å². The van der Waals surface area contributed by atoms with Gasteiger partial charge in [-0.1, -0.05) is 19.3 Å². The minimum absolute atomic E-state index is 0.0383. The summed E-state index contributed by atoms with van der Waals surface area (Å²) in [6.07, 6.45) is 6.89. The van der Waals surface area contributed by atoms with E-state index in [9.17, 15) is 9.90 Å². The van der Waals surface area contributed by atoms with Crippen LogP contribution in [-0.2, 0) is 4.79 Å². The Morgan fingerprint density at radius 1 is 1.19 bits per heavy atom. The third kappa shape index (κ3) is 2.95. The molecule has 1 unspecified atom stereocenters. The molecule has 1 heterocycles. The lowest BCUT2D eigenvalue weighted by Gasteiger charge is -2.25. The lowest BCUT2D eigenvalue weighted by atomic mass is 9.95. The number of rotatable bonds is 3. The van der Waals surface area contributed by atoms with Crippen LogP contribution < -0.4 is 10.6 Å². The van der Waals surface area contributed by atoms with Crippen molar-refractivity contribution in [1.82, 2.24) is 10.6 Å². The minimum Gasteiger partial charge on any atom is -0.382 e. The van der Waals surface area contributed by atoms with Crippen LogP contribution >= 0.6 is 0 Å². The molecule has 0 radical (unpaired) electrons. The second-order valence-electron chi connectivity index (χ2n) is 4.99. The molecule has 0 aromatic carbocycles. The monoisotopic (exact) mass is 226 g/mol. The summed E-state index contributed by atoms with van der Waals surface area (Å²) >= 11 is 0. The Bertz CT molecular complexity index is 233. The molecule has 1 aliphatic heterocycles. The average Bonchev–Trinajstić information content (AvgIpc) is 2.83.